The largest absolute Gasteiger partial charge is 0.397 e. The van der Waals surface area contributed by atoms with E-state index in [2.05, 4.69) is 4.90 Å². The molecule has 1 saturated heterocycles. The summed E-state index contributed by atoms with van der Waals surface area (Å²) in [5.74, 6) is -0.494. The van der Waals surface area contributed by atoms with Crippen molar-refractivity contribution in [3.63, 3.8) is 0 Å². The standard InChI is InChI=1S/C12H13Cl4N3O/c13-8-1-2-10(9(17)7-8)18-3-5-19(6-4-18)11(20)12(14,15)16/h1-2,7H,3-6,17H2. The highest BCUT2D eigenvalue weighted by atomic mass is 35.6. The summed E-state index contributed by atoms with van der Waals surface area (Å²) >= 11 is 22.7. The van der Waals surface area contributed by atoms with E-state index in [1.54, 1.807) is 12.1 Å². The van der Waals surface area contributed by atoms with Crippen LogP contribution in [0.1, 0.15) is 0 Å². The fourth-order valence-corrected chi connectivity index (χ4v) is 2.68. The average Bonchev–Trinajstić information content (AvgIpc) is 2.37. The number of nitrogen functional groups attached to an aromatic ring is 1. The van der Waals surface area contributed by atoms with E-state index in [-0.39, 0.29) is 0 Å². The molecule has 0 saturated carbocycles. The van der Waals surface area contributed by atoms with Gasteiger partial charge in [-0.05, 0) is 18.2 Å². The topological polar surface area (TPSA) is 49.6 Å². The van der Waals surface area contributed by atoms with Crippen LogP contribution in [-0.2, 0) is 4.79 Å². The zero-order valence-electron chi connectivity index (χ0n) is 10.5. The Kier molecular flexibility index (Phi) is 4.80. The van der Waals surface area contributed by atoms with Gasteiger partial charge in [0.2, 0.25) is 0 Å². The number of halogens is 4. The van der Waals surface area contributed by atoms with Crippen molar-refractivity contribution in [2.75, 3.05) is 36.8 Å². The van der Waals surface area contributed by atoms with Crippen LogP contribution in [-0.4, -0.2) is 40.8 Å². The number of hydrogen-bond donors (Lipinski definition) is 1. The summed E-state index contributed by atoms with van der Waals surface area (Å²) < 4.78 is -1.90. The van der Waals surface area contributed by atoms with Gasteiger partial charge in [-0.2, -0.15) is 0 Å². The highest BCUT2D eigenvalue weighted by Gasteiger charge is 2.36. The van der Waals surface area contributed by atoms with Crippen molar-refractivity contribution >= 4 is 63.7 Å². The Labute approximate surface area is 137 Å². The van der Waals surface area contributed by atoms with E-state index in [1.807, 2.05) is 6.07 Å². The lowest BCUT2D eigenvalue weighted by Gasteiger charge is -2.37. The molecule has 1 aliphatic heterocycles. The molecule has 2 N–H and O–H groups in total. The number of hydrogen-bond acceptors (Lipinski definition) is 3. The summed E-state index contributed by atoms with van der Waals surface area (Å²) in [4.78, 5) is 15.5. The van der Waals surface area contributed by atoms with Crippen molar-refractivity contribution in [1.29, 1.82) is 0 Å². The zero-order valence-corrected chi connectivity index (χ0v) is 13.5. The number of benzene rings is 1. The first kappa shape index (κ1) is 15.8. The molecule has 8 heteroatoms. The smallest absolute Gasteiger partial charge is 0.274 e. The first-order valence-corrected chi connectivity index (χ1v) is 7.46. The summed E-state index contributed by atoms with van der Waals surface area (Å²) in [7, 11) is 0. The Morgan fingerprint density at radius 3 is 2.25 bits per heavy atom. The number of carbonyl (C=O) groups excluding carboxylic acids is 1. The van der Waals surface area contributed by atoms with Crippen molar-refractivity contribution < 1.29 is 4.79 Å². The third-order valence-electron chi connectivity index (χ3n) is 3.14. The Bertz CT molecular complexity index is 510. The number of nitrogens with zero attached hydrogens (tertiary/aromatic N) is 2. The normalized spacial score (nSPS) is 16.4. The minimum atomic E-state index is -1.90. The van der Waals surface area contributed by atoms with Gasteiger partial charge in [0.1, 0.15) is 0 Å². The minimum absolute atomic E-state index is 0.481. The van der Waals surface area contributed by atoms with Gasteiger partial charge in [0, 0.05) is 31.2 Å². The number of rotatable bonds is 1. The first-order valence-electron chi connectivity index (χ1n) is 5.95. The Morgan fingerprint density at radius 1 is 1.15 bits per heavy atom. The molecule has 20 heavy (non-hydrogen) atoms. The third kappa shape index (κ3) is 3.55. The second-order valence-corrected chi connectivity index (χ2v) is 7.20. The molecule has 1 aliphatic rings. The number of nitrogens with two attached hydrogens (primary N) is 1. The third-order valence-corrected chi connectivity index (χ3v) is 3.86. The molecule has 0 aromatic heterocycles. The maximum absolute atomic E-state index is 11.8. The van der Waals surface area contributed by atoms with E-state index in [1.165, 1.54) is 4.90 Å². The number of piperazine rings is 1. The summed E-state index contributed by atoms with van der Waals surface area (Å²) in [6.07, 6.45) is 0. The maximum Gasteiger partial charge on any atom is 0.274 e. The van der Waals surface area contributed by atoms with Gasteiger partial charge in [-0.15, -0.1) is 0 Å². The van der Waals surface area contributed by atoms with Crippen LogP contribution in [0.2, 0.25) is 5.02 Å². The molecule has 0 aliphatic carbocycles. The highest BCUT2D eigenvalue weighted by molar-refractivity contribution is 6.76. The van der Waals surface area contributed by atoms with E-state index in [4.69, 9.17) is 52.1 Å². The molecule has 0 bridgehead atoms. The van der Waals surface area contributed by atoms with Crippen molar-refractivity contribution in [2.24, 2.45) is 0 Å². The van der Waals surface area contributed by atoms with Crippen LogP contribution in [0.5, 0.6) is 0 Å². The minimum Gasteiger partial charge on any atom is -0.397 e. The number of amides is 1. The zero-order chi connectivity index (χ0) is 14.9. The molecular weight excluding hydrogens is 344 g/mol. The van der Waals surface area contributed by atoms with Gasteiger partial charge >= 0.3 is 0 Å². The van der Waals surface area contributed by atoms with Crippen molar-refractivity contribution in [1.82, 2.24) is 4.90 Å². The molecule has 1 aromatic rings. The maximum atomic E-state index is 11.8. The van der Waals surface area contributed by atoms with Gasteiger partial charge in [0.25, 0.3) is 9.70 Å². The van der Waals surface area contributed by atoms with E-state index < -0.39 is 9.70 Å². The fourth-order valence-electron chi connectivity index (χ4n) is 2.14. The Hall–Kier alpha value is -0.550. The molecular formula is C12H13Cl4N3O. The molecule has 0 unspecified atom stereocenters. The van der Waals surface area contributed by atoms with E-state index in [0.29, 0.717) is 36.9 Å². The summed E-state index contributed by atoms with van der Waals surface area (Å²) in [5.41, 5.74) is 7.45. The monoisotopic (exact) mass is 355 g/mol. The number of carbonyl (C=O) groups is 1. The van der Waals surface area contributed by atoms with Gasteiger partial charge in [-0.1, -0.05) is 46.4 Å². The SMILES string of the molecule is Nc1cc(Cl)ccc1N1CCN(C(=O)C(Cl)(Cl)Cl)CC1. The summed E-state index contributed by atoms with van der Waals surface area (Å²) in [5, 5.41) is 0.594. The molecule has 0 spiro atoms. The lowest BCUT2D eigenvalue weighted by molar-refractivity contribution is -0.130. The van der Waals surface area contributed by atoms with Crippen LogP contribution in [0.4, 0.5) is 11.4 Å². The van der Waals surface area contributed by atoms with Crippen LogP contribution >= 0.6 is 46.4 Å². The summed E-state index contributed by atoms with van der Waals surface area (Å²) in [6.45, 7) is 2.21. The van der Waals surface area contributed by atoms with Crippen LogP contribution in [0.15, 0.2) is 18.2 Å². The Balaban J connectivity index is 2.03. The molecule has 0 atom stereocenters. The highest BCUT2D eigenvalue weighted by Crippen LogP contribution is 2.31. The van der Waals surface area contributed by atoms with Gasteiger partial charge in [0.05, 0.1) is 11.4 Å². The van der Waals surface area contributed by atoms with Crippen molar-refractivity contribution in [3.8, 4) is 0 Å². The van der Waals surface area contributed by atoms with Crippen LogP contribution in [0.25, 0.3) is 0 Å². The van der Waals surface area contributed by atoms with Crippen molar-refractivity contribution in [2.45, 2.75) is 3.79 Å². The van der Waals surface area contributed by atoms with Crippen LogP contribution in [0, 0.1) is 0 Å². The van der Waals surface area contributed by atoms with Gasteiger partial charge in [-0.25, -0.2) is 0 Å². The molecule has 1 amide bonds. The van der Waals surface area contributed by atoms with E-state index in [9.17, 15) is 4.79 Å². The average molecular weight is 357 g/mol. The van der Waals surface area contributed by atoms with Gasteiger partial charge < -0.3 is 15.5 Å². The molecule has 110 valence electrons. The predicted octanol–water partition coefficient (Wildman–Crippen LogP) is 2.94. The van der Waals surface area contributed by atoms with Crippen molar-refractivity contribution in [3.05, 3.63) is 23.2 Å². The molecule has 1 heterocycles. The van der Waals surface area contributed by atoms with Gasteiger partial charge in [-0.3, -0.25) is 4.79 Å². The lowest BCUT2D eigenvalue weighted by Crippen LogP contribution is -2.51. The van der Waals surface area contributed by atoms with E-state index >= 15 is 0 Å². The van der Waals surface area contributed by atoms with Crippen LogP contribution < -0.4 is 10.6 Å². The van der Waals surface area contributed by atoms with Crippen LogP contribution in [0.3, 0.4) is 0 Å². The van der Waals surface area contributed by atoms with Gasteiger partial charge in [0.15, 0.2) is 0 Å². The molecule has 0 radical (unpaired) electrons. The first-order chi connectivity index (χ1) is 9.29. The molecule has 1 aromatic carbocycles. The summed E-state index contributed by atoms with van der Waals surface area (Å²) in [6, 6.07) is 5.35. The number of alkyl halides is 3. The second kappa shape index (κ2) is 6.06. The number of anilines is 2. The Morgan fingerprint density at radius 2 is 1.75 bits per heavy atom. The van der Waals surface area contributed by atoms with E-state index in [0.717, 1.165) is 5.69 Å². The molecule has 1 fully saturated rings. The fraction of sp³-hybridized carbons (Fsp3) is 0.417. The molecule has 2 rings (SSSR count). The quantitative estimate of drug-likeness (QED) is 0.621. The second-order valence-electron chi connectivity index (χ2n) is 4.48. The lowest BCUT2D eigenvalue weighted by atomic mass is 10.2. The predicted molar refractivity (Wildman–Crippen MR) is 84.9 cm³/mol. The molecule has 4 nitrogen and oxygen atoms in total.